The molecule has 2 amide bonds. The lowest BCUT2D eigenvalue weighted by Crippen LogP contribution is -2.34. The highest BCUT2D eigenvalue weighted by Gasteiger charge is 2.12. The van der Waals surface area contributed by atoms with Crippen LogP contribution in [0, 0.1) is 0 Å². The molecule has 0 aromatic heterocycles. The number of amides is 2. The number of anilines is 2. The Labute approximate surface area is 184 Å². The molecule has 0 aliphatic carbocycles. The molecule has 0 aliphatic heterocycles. The second-order valence-corrected chi connectivity index (χ2v) is 7.65. The molecule has 0 radical (unpaired) electrons. The summed E-state index contributed by atoms with van der Waals surface area (Å²) in [6.07, 6.45) is 2.02. The molecule has 0 heterocycles. The molecular formula is C21H24BrN3O3S. The van der Waals surface area contributed by atoms with Crippen molar-refractivity contribution in [2.45, 2.75) is 26.7 Å². The Balaban J connectivity index is 1.99. The van der Waals surface area contributed by atoms with Crippen LogP contribution in [0.15, 0.2) is 46.9 Å². The van der Waals surface area contributed by atoms with Crippen molar-refractivity contribution in [2.75, 3.05) is 23.9 Å². The molecule has 0 fully saturated rings. The fraction of sp³-hybridized carbons (Fsp3) is 0.286. The molecule has 2 rings (SSSR count). The first-order valence-corrected chi connectivity index (χ1v) is 10.4. The average Bonchev–Trinajstić information content (AvgIpc) is 2.68. The standard InChI is InChI=1S/C21H24BrN3O3S/c1-4-5-11-28-19-10-9-15(12-18(19)22)20(27)24-21(29)23-16-7-6-8-17(13-16)25(3)14(2)26/h6-10,12-13H,4-5,11H2,1-3H3,(H2,23,24,27,29). The number of benzene rings is 2. The van der Waals surface area contributed by atoms with E-state index in [0.717, 1.165) is 18.5 Å². The second kappa shape index (κ2) is 10.9. The molecular weight excluding hydrogens is 454 g/mol. The number of thiocarbonyl (C=S) groups is 1. The van der Waals surface area contributed by atoms with Gasteiger partial charge in [-0.3, -0.25) is 14.9 Å². The Kier molecular flexibility index (Phi) is 8.60. The SMILES string of the molecule is CCCCOc1ccc(C(=O)NC(=S)Nc2cccc(N(C)C(C)=O)c2)cc1Br. The smallest absolute Gasteiger partial charge is 0.257 e. The fourth-order valence-corrected chi connectivity index (χ4v) is 3.10. The third-order valence-corrected chi connectivity index (χ3v) is 4.96. The lowest BCUT2D eigenvalue weighted by Gasteiger charge is -2.17. The Hall–Kier alpha value is -2.45. The van der Waals surface area contributed by atoms with Gasteiger partial charge in [-0.25, -0.2) is 0 Å². The normalized spacial score (nSPS) is 10.2. The van der Waals surface area contributed by atoms with Crippen LogP contribution in [0.3, 0.4) is 0 Å². The number of rotatable bonds is 7. The molecule has 2 N–H and O–H groups in total. The zero-order valence-electron chi connectivity index (χ0n) is 16.6. The van der Waals surface area contributed by atoms with E-state index in [2.05, 4.69) is 33.5 Å². The van der Waals surface area contributed by atoms with E-state index in [1.165, 1.54) is 11.8 Å². The summed E-state index contributed by atoms with van der Waals surface area (Å²) < 4.78 is 6.38. The van der Waals surface area contributed by atoms with Gasteiger partial charge >= 0.3 is 0 Å². The third kappa shape index (κ3) is 6.83. The van der Waals surface area contributed by atoms with Crippen LogP contribution in [0.5, 0.6) is 5.75 Å². The summed E-state index contributed by atoms with van der Waals surface area (Å²) in [5.74, 6) is 0.285. The number of carbonyl (C=O) groups is 2. The first-order chi connectivity index (χ1) is 13.8. The summed E-state index contributed by atoms with van der Waals surface area (Å²) in [4.78, 5) is 25.5. The number of unbranched alkanes of at least 4 members (excludes halogenated alkanes) is 1. The molecule has 0 atom stereocenters. The molecule has 0 bridgehead atoms. The van der Waals surface area contributed by atoms with Crippen LogP contribution in [0.2, 0.25) is 0 Å². The van der Waals surface area contributed by atoms with Crippen LogP contribution in [0.25, 0.3) is 0 Å². The van der Waals surface area contributed by atoms with Gasteiger partial charge in [-0.1, -0.05) is 19.4 Å². The van der Waals surface area contributed by atoms with Gasteiger partial charge in [0, 0.05) is 30.9 Å². The molecule has 0 saturated carbocycles. The number of hydrogen-bond donors (Lipinski definition) is 2. The maximum atomic E-state index is 12.5. The molecule has 0 spiro atoms. The Morgan fingerprint density at radius 1 is 1.21 bits per heavy atom. The lowest BCUT2D eigenvalue weighted by atomic mass is 10.2. The molecule has 2 aromatic carbocycles. The number of nitrogens with one attached hydrogen (secondary N) is 2. The minimum atomic E-state index is -0.333. The van der Waals surface area contributed by atoms with Crippen LogP contribution in [0.1, 0.15) is 37.0 Å². The number of halogens is 1. The fourth-order valence-electron chi connectivity index (χ4n) is 2.40. The van der Waals surface area contributed by atoms with Gasteiger partial charge in [-0.2, -0.15) is 0 Å². The first-order valence-electron chi connectivity index (χ1n) is 9.21. The van der Waals surface area contributed by atoms with Crippen molar-refractivity contribution in [1.29, 1.82) is 0 Å². The topological polar surface area (TPSA) is 70.7 Å². The molecule has 0 saturated heterocycles. The van der Waals surface area contributed by atoms with E-state index >= 15 is 0 Å². The van der Waals surface area contributed by atoms with Crippen molar-refractivity contribution in [3.63, 3.8) is 0 Å². The van der Waals surface area contributed by atoms with Gasteiger partial charge in [0.05, 0.1) is 11.1 Å². The van der Waals surface area contributed by atoms with Gasteiger partial charge in [0.2, 0.25) is 5.91 Å². The summed E-state index contributed by atoms with van der Waals surface area (Å²) in [7, 11) is 1.69. The molecule has 0 aliphatic rings. The number of nitrogens with zero attached hydrogens (tertiary/aromatic N) is 1. The zero-order valence-corrected chi connectivity index (χ0v) is 19.0. The average molecular weight is 478 g/mol. The second-order valence-electron chi connectivity index (χ2n) is 6.38. The van der Waals surface area contributed by atoms with E-state index in [1.54, 1.807) is 43.4 Å². The summed E-state index contributed by atoms with van der Waals surface area (Å²) in [5, 5.41) is 5.78. The molecule has 0 unspecified atom stereocenters. The van der Waals surface area contributed by atoms with Crippen molar-refractivity contribution < 1.29 is 14.3 Å². The number of carbonyl (C=O) groups excluding carboxylic acids is 2. The van der Waals surface area contributed by atoms with Gasteiger partial charge in [-0.15, -0.1) is 0 Å². The van der Waals surface area contributed by atoms with Crippen LogP contribution in [0.4, 0.5) is 11.4 Å². The molecule has 29 heavy (non-hydrogen) atoms. The minimum absolute atomic E-state index is 0.0780. The van der Waals surface area contributed by atoms with Gasteiger partial charge in [0.15, 0.2) is 5.11 Å². The molecule has 8 heteroatoms. The maximum Gasteiger partial charge on any atom is 0.257 e. The van der Waals surface area contributed by atoms with E-state index in [1.807, 2.05) is 6.07 Å². The van der Waals surface area contributed by atoms with E-state index in [9.17, 15) is 9.59 Å². The van der Waals surface area contributed by atoms with Gasteiger partial charge in [0.25, 0.3) is 5.91 Å². The summed E-state index contributed by atoms with van der Waals surface area (Å²) in [5.41, 5.74) is 1.84. The van der Waals surface area contributed by atoms with E-state index in [0.29, 0.717) is 28.1 Å². The Morgan fingerprint density at radius 2 is 1.97 bits per heavy atom. The highest BCUT2D eigenvalue weighted by molar-refractivity contribution is 9.10. The first kappa shape index (κ1) is 22.8. The quantitative estimate of drug-likeness (QED) is 0.445. The highest BCUT2D eigenvalue weighted by atomic mass is 79.9. The molecule has 6 nitrogen and oxygen atoms in total. The van der Waals surface area contributed by atoms with Crippen LogP contribution >= 0.6 is 28.1 Å². The summed E-state index contributed by atoms with van der Waals surface area (Å²) in [6.45, 7) is 4.22. The lowest BCUT2D eigenvalue weighted by molar-refractivity contribution is -0.116. The maximum absolute atomic E-state index is 12.5. The Bertz CT molecular complexity index is 904. The molecule has 154 valence electrons. The van der Waals surface area contributed by atoms with Crippen LogP contribution < -0.4 is 20.3 Å². The van der Waals surface area contributed by atoms with Gasteiger partial charge in [0.1, 0.15) is 5.75 Å². The van der Waals surface area contributed by atoms with Crippen molar-refractivity contribution >= 4 is 56.4 Å². The van der Waals surface area contributed by atoms with Gasteiger partial charge in [-0.05, 0) is 71.0 Å². The van der Waals surface area contributed by atoms with Crippen molar-refractivity contribution in [3.05, 3.63) is 52.5 Å². The summed E-state index contributed by atoms with van der Waals surface area (Å²) >= 11 is 8.68. The zero-order chi connectivity index (χ0) is 21.4. The van der Waals surface area contributed by atoms with E-state index in [4.69, 9.17) is 17.0 Å². The predicted molar refractivity (Wildman–Crippen MR) is 124 cm³/mol. The van der Waals surface area contributed by atoms with Crippen molar-refractivity contribution in [1.82, 2.24) is 5.32 Å². The predicted octanol–water partition coefficient (Wildman–Crippen LogP) is 4.74. The van der Waals surface area contributed by atoms with Crippen molar-refractivity contribution in [2.24, 2.45) is 0 Å². The molecule has 2 aromatic rings. The number of hydrogen-bond acceptors (Lipinski definition) is 4. The monoisotopic (exact) mass is 477 g/mol. The number of ether oxygens (including phenoxy) is 1. The third-order valence-electron chi connectivity index (χ3n) is 4.14. The van der Waals surface area contributed by atoms with E-state index in [-0.39, 0.29) is 16.9 Å². The van der Waals surface area contributed by atoms with Crippen molar-refractivity contribution in [3.8, 4) is 5.75 Å². The largest absolute Gasteiger partial charge is 0.492 e. The Morgan fingerprint density at radius 3 is 2.62 bits per heavy atom. The van der Waals surface area contributed by atoms with Gasteiger partial charge < -0.3 is 15.0 Å². The van der Waals surface area contributed by atoms with Crippen LogP contribution in [-0.2, 0) is 4.79 Å². The highest BCUT2D eigenvalue weighted by Crippen LogP contribution is 2.26. The van der Waals surface area contributed by atoms with Crippen LogP contribution in [-0.4, -0.2) is 30.6 Å². The minimum Gasteiger partial charge on any atom is -0.492 e. The van der Waals surface area contributed by atoms with E-state index < -0.39 is 0 Å². The summed E-state index contributed by atoms with van der Waals surface area (Å²) in [6, 6.07) is 12.3.